The van der Waals surface area contributed by atoms with Crippen molar-refractivity contribution in [1.82, 2.24) is 4.98 Å². The van der Waals surface area contributed by atoms with Crippen molar-refractivity contribution < 1.29 is 38.9 Å². The third kappa shape index (κ3) is 7.97. The van der Waals surface area contributed by atoms with E-state index < -0.39 is 0 Å². The molecule has 3 aromatic rings. The normalized spacial score (nSPS) is 15.2. The first kappa shape index (κ1) is 28.6. The third-order valence-electron chi connectivity index (χ3n) is 4.60. The van der Waals surface area contributed by atoms with Crippen molar-refractivity contribution in [2.75, 3.05) is 0 Å². The number of fused-ring (bicyclic) bond motifs is 1. The van der Waals surface area contributed by atoms with Crippen LogP contribution in [0.15, 0.2) is 65.3 Å². The van der Waals surface area contributed by atoms with Gasteiger partial charge in [-0.2, -0.15) is 0 Å². The Hall–Kier alpha value is -1.60. The first-order chi connectivity index (χ1) is 15.7. The molecule has 0 atom stereocenters. The van der Waals surface area contributed by atoms with Crippen molar-refractivity contribution in [1.29, 1.82) is 0 Å². The van der Waals surface area contributed by atoms with Gasteiger partial charge in [0.15, 0.2) is 0 Å². The molecule has 5 rings (SSSR count). The molecule has 34 heavy (non-hydrogen) atoms. The molecule has 3 nitrogen and oxygen atoms in total. The fourth-order valence-electron chi connectivity index (χ4n) is 3.09. The van der Waals surface area contributed by atoms with Gasteiger partial charge >= 0.3 is 17.1 Å². The molecular weight excluding hydrogens is 580 g/mol. The van der Waals surface area contributed by atoms with Gasteiger partial charge in [-0.25, -0.2) is 0 Å². The summed E-state index contributed by atoms with van der Waals surface area (Å²) < 4.78 is 0.964. The Morgan fingerprint density at radius 1 is 0.853 bits per heavy atom. The molecule has 2 saturated carbocycles. The van der Waals surface area contributed by atoms with Gasteiger partial charge in [0.25, 0.3) is 0 Å². The number of pyridine rings is 1. The van der Waals surface area contributed by atoms with Crippen LogP contribution in [0.4, 0.5) is 5.69 Å². The molecule has 0 unspecified atom stereocenters. The number of rotatable bonds is 2. The van der Waals surface area contributed by atoms with Gasteiger partial charge in [-0.05, 0) is 81.0 Å². The van der Waals surface area contributed by atoms with Gasteiger partial charge < -0.3 is 10.1 Å². The topological polar surface area (TPSA) is 44.1 Å². The summed E-state index contributed by atoms with van der Waals surface area (Å²) in [6, 6.07) is 17.1. The smallest absolute Gasteiger partial charge is 0.625 e. The average molecular weight is 598 g/mol. The van der Waals surface area contributed by atoms with Crippen LogP contribution in [0.1, 0.15) is 5.56 Å². The Labute approximate surface area is 232 Å². The summed E-state index contributed by atoms with van der Waals surface area (Å²) in [5.41, 5.74) is 2.14. The number of carbonyl (C=O) groups is 1. The van der Waals surface area contributed by atoms with Crippen LogP contribution < -0.4 is 0 Å². The van der Waals surface area contributed by atoms with Crippen LogP contribution in [0.25, 0.3) is 16.2 Å². The standard InChI is InChI=1S/C23H14BrN2O.C5H5.Cu.Fe/c24-19-9-1-5-16(15-19)12-13-17-6-2-10-20(17)23(27)26-21-11-3-7-18-8-4-14-25-22(18)21;1-2-4-5-3-1;;/h1-11,14-15H,(H,26,27);1-5H;;/q;;+1;/p-1. The second-order valence-corrected chi connectivity index (χ2v) is 7.76. The minimum atomic E-state index is -0.323. The van der Waals surface area contributed by atoms with E-state index in [4.69, 9.17) is 0 Å². The number of para-hydroxylation sites is 1. The number of amides is 1. The molecule has 2 fully saturated rings. The Kier molecular flexibility index (Phi) is 12.4. The van der Waals surface area contributed by atoms with Crippen LogP contribution >= 0.6 is 15.9 Å². The third-order valence-corrected chi connectivity index (χ3v) is 5.09. The summed E-state index contributed by atoms with van der Waals surface area (Å²) in [6.07, 6.45) is 17.1. The molecule has 172 valence electrons. The second kappa shape index (κ2) is 14.7. The van der Waals surface area contributed by atoms with Gasteiger partial charge in [-0.3, -0.25) is 4.98 Å². The van der Waals surface area contributed by atoms with E-state index in [-0.39, 0.29) is 40.0 Å². The number of hydrogen-bond acceptors (Lipinski definition) is 2. The number of hydrogen-bond donors (Lipinski definition) is 0. The van der Waals surface area contributed by atoms with Crippen molar-refractivity contribution in [2.24, 2.45) is 0 Å². The maximum absolute atomic E-state index is 12.7. The molecule has 1 amide bonds. The minimum Gasteiger partial charge on any atom is -0.625 e. The molecule has 2 aromatic carbocycles. The van der Waals surface area contributed by atoms with Crippen molar-refractivity contribution in [3.8, 4) is 11.8 Å². The molecule has 1 heterocycles. The van der Waals surface area contributed by atoms with Crippen LogP contribution in [0.2, 0.25) is 0 Å². The average Bonchev–Trinajstić information content (AvgIpc) is 3.53. The molecule has 0 N–H and O–H groups in total. The van der Waals surface area contributed by atoms with Crippen molar-refractivity contribution in [3.05, 3.63) is 139 Å². The first-order valence-electron chi connectivity index (χ1n) is 10.0. The van der Waals surface area contributed by atoms with Gasteiger partial charge in [-0.1, -0.05) is 58.1 Å². The zero-order valence-electron chi connectivity index (χ0n) is 17.7. The zero-order valence-corrected chi connectivity index (χ0v) is 21.4. The van der Waals surface area contributed by atoms with Gasteiger partial charge in [-0.15, -0.1) is 5.69 Å². The molecule has 0 aliphatic heterocycles. The summed E-state index contributed by atoms with van der Waals surface area (Å²) in [4.78, 5) is 17.1. The molecule has 6 heteroatoms. The van der Waals surface area contributed by atoms with Gasteiger partial charge in [0.1, 0.15) is 0 Å². The second-order valence-electron chi connectivity index (χ2n) is 6.84. The fraction of sp³-hybridized carbons (Fsp3) is 0. The van der Waals surface area contributed by atoms with E-state index in [9.17, 15) is 4.79 Å². The van der Waals surface area contributed by atoms with Crippen LogP contribution in [-0.4, -0.2) is 10.9 Å². The number of aromatic nitrogens is 1. The molecule has 0 saturated heterocycles. The molecule has 1 aromatic heterocycles. The van der Waals surface area contributed by atoms with Gasteiger partial charge in [0.2, 0.25) is 0 Å². The predicted molar refractivity (Wildman–Crippen MR) is 132 cm³/mol. The maximum atomic E-state index is 12.7. The molecule has 0 spiro atoms. The van der Waals surface area contributed by atoms with Crippen LogP contribution in [0, 0.1) is 75.0 Å². The van der Waals surface area contributed by atoms with Crippen molar-refractivity contribution >= 4 is 38.4 Å². The van der Waals surface area contributed by atoms with E-state index in [1.54, 1.807) is 18.7 Å². The molecule has 2 aliphatic rings. The summed E-state index contributed by atoms with van der Waals surface area (Å²) in [6.45, 7) is 0. The molecule has 0 bridgehead atoms. The SMILES string of the molecule is O=C([N-]c1cccc2cccnc12)[C]1[CH][CH][CH][C]1C#Cc1cccc(Br)c1.[CH]1[CH][CH][CH][CH]1.[Cu+].[Fe]. The van der Waals surface area contributed by atoms with E-state index in [0.29, 0.717) is 23.0 Å². The van der Waals surface area contributed by atoms with E-state index in [2.05, 4.69) is 38.1 Å². The van der Waals surface area contributed by atoms with E-state index in [1.807, 2.05) is 93.5 Å². The number of halogens is 1. The van der Waals surface area contributed by atoms with Crippen molar-refractivity contribution in [3.63, 3.8) is 0 Å². The number of benzene rings is 2. The van der Waals surface area contributed by atoms with Gasteiger partial charge in [0, 0.05) is 39.2 Å². The summed E-state index contributed by atoms with van der Waals surface area (Å²) in [5.74, 6) is 7.00. The minimum absolute atomic E-state index is 0. The maximum Gasteiger partial charge on any atom is 1.00 e. The van der Waals surface area contributed by atoms with Gasteiger partial charge in [0.05, 0.1) is 17.3 Å². The van der Waals surface area contributed by atoms with E-state index in [0.717, 1.165) is 15.4 Å². The summed E-state index contributed by atoms with van der Waals surface area (Å²) >= 11 is 3.43. The quantitative estimate of drug-likeness (QED) is 0.255. The number of carbonyl (C=O) groups excluding carboxylic acids is 1. The summed E-state index contributed by atoms with van der Waals surface area (Å²) in [7, 11) is 0. The number of nitrogens with zero attached hydrogens (tertiary/aromatic N) is 2. The molecular formula is C28H18BrCuFeN2O. The molecule has 2 aliphatic carbocycles. The zero-order chi connectivity index (χ0) is 22.2. The first-order valence-corrected chi connectivity index (χ1v) is 10.8. The summed E-state index contributed by atoms with van der Waals surface area (Å²) in [5, 5.41) is 5.23. The van der Waals surface area contributed by atoms with Crippen LogP contribution in [0.5, 0.6) is 0 Å². The van der Waals surface area contributed by atoms with Crippen molar-refractivity contribution in [2.45, 2.75) is 0 Å². The Morgan fingerprint density at radius 3 is 2.29 bits per heavy atom. The molecule has 10 radical (unpaired) electrons. The Balaban J connectivity index is 0.000000520. The predicted octanol–water partition coefficient (Wildman–Crippen LogP) is 6.37. The van der Waals surface area contributed by atoms with E-state index >= 15 is 0 Å². The van der Waals surface area contributed by atoms with Crippen LogP contribution in [0.3, 0.4) is 0 Å². The Morgan fingerprint density at radius 2 is 1.56 bits per heavy atom. The largest absolute Gasteiger partial charge is 1.00 e. The monoisotopic (exact) mass is 596 g/mol. The van der Waals surface area contributed by atoms with E-state index in [1.165, 1.54) is 0 Å². The Bertz CT molecular complexity index is 1130. The van der Waals surface area contributed by atoms with Crippen LogP contribution in [-0.2, 0) is 38.9 Å². The fourth-order valence-corrected chi connectivity index (χ4v) is 3.49.